The van der Waals surface area contributed by atoms with Crippen molar-refractivity contribution in [2.75, 3.05) is 31.7 Å². The molecule has 0 fully saturated rings. The molecular weight excluding hydrogens is 196 g/mol. The molecule has 0 spiro atoms. The van der Waals surface area contributed by atoms with Gasteiger partial charge in [0.25, 0.3) is 0 Å². The summed E-state index contributed by atoms with van der Waals surface area (Å²) >= 11 is 1.63. The highest BCUT2D eigenvalue weighted by molar-refractivity contribution is 7.98. The summed E-state index contributed by atoms with van der Waals surface area (Å²) in [5.74, 6) is 0.937. The average molecular weight is 210 g/mol. The van der Waals surface area contributed by atoms with Crippen molar-refractivity contribution >= 4 is 17.6 Å². The van der Waals surface area contributed by atoms with Crippen molar-refractivity contribution in [3.05, 3.63) is 11.6 Å². The molecular formula is C9H14N4S. The predicted octanol–water partition coefficient (Wildman–Crippen LogP) is 1.06. The molecule has 0 unspecified atom stereocenters. The van der Waals surface area contributed by atoms with Crippen LogP contribution in [-0.4, -0.2) is 41.5 Å². The molecule has 0 saturated heterocycles. The third-order valence-corrected chi connectivity index (χ3v) is 2.90. The molecule has 0 amide bonds. The summed E-state index contributed by atoms with van der Waals surface area (Å²) in [4.78, 5) is 2.28. The second kappa shape index (κ2) is 4.14. The van der Waals surface area contributed by atoms with Gasteiger partial charge in [-0.25, -0.2) is 0 Å². The lowest BCUT2D eigenvalue weighted by Crippen LogP contribution is -2.20. The van der Waals surface area contributed by atoms with Gasteiger partial charge in [-0.2, -0.15) is 0 Å². The number of likely N-dealkylation sites (N-methyl/N-ethyl adjacent to an activating group) is 1. The van der Waals surface area contributed by atoms with Crippen LogP contribution in [0.5, 0.6) is 0 Å². The summed E-state index contributed by atoms with van der Waals surface area (Å²) in [6, 6.07) is 2.11. The first-order valence-corrected chi connectivity index (χ1v) is 5.85. The van der Waals surface area contributed by atoms with Gasteiger partial charge in [0.05, 0.1) is 0 Å². The summed E-state index contributed by atoms with van der Waals surface area (Å²) in [7, 11) is 2.12. The van der Waals surface area contributed by atoms with Crippen molar-refractivity contribution in [3.63, 3.8) is 0 Å². The second-order valence-corrected chi connectivity index (χ2v) is 4.25. The van der Waals surface area contributed by atoms with E-state index in [0.29, 0.717) is 0 Å². The fourth-order valence-electron chi connectivity index (χ4n) is 1.51. The van der Waals surface area contributed by atoms with E-state index in [2.05, 4.69) is 33.5 Å². The van der Waals surface area contributed by atoms with Crippen LogP contribution in [0, 0.1) is 0 Å². The zero-order chi connectivity index (χ0) is 9.97. The van der Waals surface area contributed by atoms with Crippen LogP contribution in [0.2, 0.25) is 0 Å². The minimum Gasteiger partial charge on any atom is -0.367 e. The third-order valence-electron chi connectivity index (χ3n) is 2.29. The monoisotopic (exact) mass is 210 g/mol. The van der Waals surface area contributed by atoms with E-state index in [4.69, 9.17) is 0 Å². The molecule has 2 heterocycles. The highest BCUT2D eigenvalue weighted by Gasteiger charge is 2.12. The van der Waals surface area contributed by atoms with Crippen LogP contribution in [0.4, 0.5) is 5.82 Å². The van der Waals surface area contributed by atoms with Gasteiger partial charge in [0.15, 0.2) is 5.82 Å². The molecule has 2 rings (SSSR count). The molecule has 4 nitrogen and oxygen atoms in total. The van der Waals surface area contributed by atoms with E-state index in [1.165, 1.54) is 5.56 Å². The molecule has 0 aliphatic carbocycles. The molecule has 1 aromatic heterocycles. The van der Waals surface area contributed by atoms with E-state index < -0.39 is 0 Å². The van der Waals surface area contributed by atoms with Crippen LogP contribution in [0.15, 0.2) is 11.1 Å². The molecule has 14 heavy (non-hydrogen) atoms. The number of fused-ring (bicyclic) bond motifs is 1. The predicted molar refractivity (Wildman–Crippen MR) is 58.6 cm³/mol. The Labute approximate surface area is 88.1 Å². The summed E-state index contributed by atoms with van der Waals surface area (Å²) < 4.78 is 0. The highest BCUT2D eigenvalue weighted by Crippen LogP contribution is 2.20. The number of rotatable bonds is 1. The number of anilines is 1. The first kappa shape index (κ1) is 9.73. The van der Waals surface area contributed by atoms with Gasteiger partial charge in [-0.15, -0.1) is 22.0 Å². The zero-order valence-electron chi connectivity index (χ0n) is 8.45. The Kier molecular flexibility index (Phi) is 2.88. The molecule has 0 bridgehead atoms. The topological polar surface area (TPSA) is 41.1 Å². The summed E-state index contributed by atoms with van der Waals surface area (Å²) in [5.41, 5.74) is 1.24. The van der Waals surface area contributed by atoms with Gasteiger partial charge in [0.2, 0.25) is 0 Å². The average Bonchev–Trinajstić information content (AvgIpc) is 2.37. The smallest absolute Gasteiger partial charge is 0.153 e. The highest BCUT2D eigenvalue weighted by atomic mass is 32.2. The van der Waals surface area contributed by atoms with E-state index >= 15 is 0 Å². The van der Waals surface area contributed by atoms with Crippen molar-refractivity contribution in [3.8, 4) is 0 Å². The van der Waals surface area contributed by atoms with E-state index in [1.807, 2.05) is 6.26 Å². The van der Waals surface area contributed by atoms with Gasteiger partial charge >= 0.3 is 0 Å². The lowest BCUT2D eigenvalue weighted by Gasteiger charge is -2.11. The Balaban J connectivity index is 2.32. The Morgan fingerprint density at radius 1 is 1.50 bits per heavy atom. The molecule has 1 aliphatic rings. The quantitative estimate of drug-likeness (QED) is 0.702. The van der Waals surface area contributed by atoms with E-state index in [-0.39, 0.29) is 0 Å². The van der Waals surface area contributed by atoms with Crippen molar-refractivity contribution in [1.29, 1.82) is 0 Å². The van der Waals surface area contributed by atoms with Crippen LogP contribution >= 0.6 is 11.8 Å². The summed E-state index contributed by atoms with van der Waals surface area (Å²) in [6.07, 6.45) is 2.02. The molecule has 1 aliphatic heterocycles. The summed E-state index contributed by atoms with van der Waals surface area (Å²) in [5, 5.41) is 12.6. The summed E-state index contributed by atoms with van der Waals surface area (Å²) in [6.45, 7) is 2.94. The van der Waals surface area contributed by atoms with Crippen LogP contribution in [0.3, 0.4) is 0 Å². The zero-order valence-corrected chi connectivity index (χ0v) is 9.27. The normalized spacial score (nSPS) is 17.0. The first-order valence-electron chi connectivity index (χ1n) is 4.62. The number of aromatic nitrogens is 2. The Morgan fingerprint density at radius 2 is 2.36 bits per heavy atom. The molecule has 0 atom stereocenters. The molecule has 76 valence electrons. The lowest BCUT2D eigenvalue weighted by molar-refractivity contribution is 0.346. The molecule has 1 N–H and O–H groups in total. The van der Waals surface area contributed by atoms with Gasteiger partial charge in [-0.05, 0) is 19.4 Å². The van der Waals surface area contributed by atoms with E-state index in [0.717, 1.165) is 30.5 Å². The standard InChI is InChI=1S/C9H14N4S/c1-13-4-3-10-9-7(6-13)5-8(14-2)11-12-9/h5H,3-4,6H2,1-2H3,(H,10,12). The van der Waals surface area contributed by atoms with Gasteiger partial charge < -0.3 is 10.2 Å². The minimum absolute atomic E-state index is 0.937. The SMILES string of the molecule is CSc1cc2c(nn1)NCCN(C)C2. The van der Waals surface area contributed by atoms with E-state index in [9.17, 15) is 0 Å². The maximum absolute atomic E-state index is 4.18. The maximum atomic E-state index is 4.18. The van der Waals surface area contributed by atoms with Gasteiger partial charge in [0.1, 0.15) is 5.03 Å². The largest absolute Gasteiger partial charge is 0.367 e. The number of nitrogens with one attached hydrogen (secondary N) is 1. The van der Waals surface area contributed by atoms with Gasteiger partial charge in [-0.3, -0.25) is 0 Å². The fraction of sp³-hybridized carbons (Fsp3) is 0.556. The molecule has 5 heteroatoms. The minimum atomic E-state index is 0.937. The van der Waals surface area contributed by atoms with Gasteiger partial charge in [-0.1, -0.05) is 0 Å². The van der Waals surface area contributed by atoms with Crippen LogP contribution in [0.1, 0.15) is 5.56 Å². The maximum Gasteiger partial charge on any atom is 0.153 e. The number of nitrogens with zero attached hydrogens (tertiary/aromatic N) is 3. The Morgan fingerprint density at radius 3 is 3.14 bits per heavy atom. The Bertz CT molecular complexity index is 329. The molecule has 1 aromatic rings. The molecule has 0 radical (unpaired) electrons. The van der Waals surface area contributed by atoms with Gasteiger partial charge in [0, 0.05) is 25.2 Å². The van der Waals surface area contributed by atoms with Crippen molar-refractivity contribution in [2.24, 2.45) is 0 Å². The molecule has 0 aromatic carbocycles. The number of hydrogen-bond acceptors (Lipinski definition) is 5. The second-order valence-electron chi connectivity index (χ2n) is 3.43. The molecule has 0 saturated carbocycles. The van der Waals surface area contributed by atoms with Crippen molar-refractivity contribution in [2.45, 2.75) is 11.6 Å². The number of thioether (sulfide) groups is 1. The van der Waals surface area contributed by atoms with Crippen molar-refractivity contribution in [1.82, 2.24) is 15.1 Å². The fourth-order valence-corrected chi connectivity index (χ4v) is 1.90. The third kappa shape index (κ3) is 1.99. The van der Waals surface area contributed by atoms with Crippen LogP contribution in [0.25, 0.3) is 0 Å². The first-order chi connectivity index (χ1) is 6.79. The van der Waals surface area contributed by atoms with Crippen molar-refractivity contribution < 1.29 is 0 Å². The Hall–Kier alpha value is -0.810. The number of hydrogen-bond donors (Lipinski definition) is 1. The van der Waals surface area contributed by atoms with Crippen LogP contribution in [-0.2, 0) is 6.54 Å². The van der Waals surface area contributed by atoms with Crippen LogP contribution < -0.4 is 5.32 Å². The van der Waals surface area contributed by atoms with E-state index in [1.54, 1.807) is 11.8 Å². The lowest BCUT2D eigenvalue weighted by atomic mass is 10.3.